The summed E-state index contributed by atoms with van der Waals surface area (Å²) in [7, 11) is 0. The van der Waals surface area contributed by atoms with Gasteiger partial charge in [-0.3, -0.25) is 9.78 Å². The number of rotatable bonds is 3. The minimum atomic E-state index is -0.110. The lowest BCUT2D eigenvalue weighted by Crippen LogP contribution is -2.11. The van der Waals surface area contributed by atoms with E-state index in [9.17, 15) is 4.79 Å². The summed E-state index contributed by atoms with van der Waals surface area (Å²) in [4.78, 5) is 16.4. The van der Waals surface area contributed by atoms with Crippen molar-refractivity contribution in [2.75, 3.05) is 5.32 Å². The third-order valence-electron chi connectivity index (χ3n) is 3.29. The molecule has 0 saturated carbocycles. The van der Waals surface area contributed by atoms with Crippen molar-refractivity contribution in [3.8, 4) is 0 Å². The largest absolute Gasteiger partial charge is 0.347 e. The first-order valence-electron chi connectivity index (χ1n) is 6.59. The predicted molar refractivity (Wildman–Crippen MR) is 79.8 cm³/mol. The van der Waals surface area contributed by atoms with Gasteiger partial charge in [0.15, 0.2) is 0 Å². The topological polar surface area (TPSA) is 46.9 Å². The highest BCUT2D eigenvalue weighted by Crippen LogP contribution is 2.22. The van der Waals surface area contributed by atoms with Crippen LogP contribution in [0.1, 0.15) is 17.3 Å². The number of hydrogen-bond acceptors (Lipinski definition) is 2. The number of nitrogens with zero attached hydrogens (tertiary/aromatic N) is 2. The van der Waals surface area contributed by atoms with Crippen LogP contribution >= 0.6 is 0 Å². The molecule has 2 aromatic heterocycles. The summed E-state index contributed by atoms with van der Waals surface area (Å²) in [6, 6.07) is 11.6. The first-order chi connectivity index (χ1) is 9.79. The van der Waals surface area contributed by atoms with Gasteiger partial charge in [-0.15, -0.1) is 0 Å². The van der Waals surface area contributed by atoms with Crippen LogP contribution in [0.15, 0.2) is 55.0 Å². The summed E-state index contributed by atoms with van der Waals surface area (Å²) in [6.07, 6.45) is 5.21. The van der Waals surface area contributed by atoms with Crippen molar-refractivity contribution in [3.05, 3.63) is 60.6 Å². The highest BCUT2D eigenvalue weighted by molar-refractivity contribution is 6.12. The smallest absolute Gasteiger partial charge is 0.257 e. The van der Waals surface area contributed by atoms with Crippen LogP contribution in [0.5, 0.6) is 0 Å². The molecule has 0 aliphatic rings. The lowest BCUT2D eigenvalue weighted by molar-refractivity contribution is 0.102. The SMILES string of the molecule is CCn1cc(C(=O)Nc2cccnc2)c2ccccc21. The Morgan fingerprint density at radius 3 is 2.85 bits per heavy atom. The summed E-state index contributed by atoms with van der Waals surface area (Å²) in [5, 5.41) is 3.84. The van der Waals surface area contributed by atoms with Gasteiger partial charge in [-0.05, 0) is 25.1 Å². The van der Waals surface area contributed by atoms with Gasteiger partial charge in [0.2, 0.25) is 0 Å². The Balaban J connectivity index is 2.00. The molecule has 0 fully saturated rings. The Hall–Kier alpha value is -2.62. The number of nitrogens with one attached hydrogen (secondary N) is 1. The van der Waals surface area contributed by atoms with E-state index in [1.54, 1.807) is 18.5 Å². The molecular formula is C16H15N3O. The molecule has 0 saturated heterocycles. The molecule has 1 amide bonds. The normalized spacial score (nSPS) is 10.7. The summed E-state index contributed by atoms with van der Waals surface area (Å²) in [5.74, 6) is -0.110. The molecule has 100 valence electrons. The second kappa shape index (κ2) is 5.17. The molecule has 20 heavy (non-hydrogen) atoms. The Kier molecular flexibility index (Phi) is 3.21. The summed E-state index contributed by atoms with van der Waals surface area (Å²) < 4.78 is 2.08. The van der Waals surface area contributed by atoms with Gasteiger partial charge in [0.1, 0.15) is 0 Å². The fourth-order valence-corrected chi connectivity index (χ4v) is 2.32. The second-order valence-electron chi connectivity index (χ2n) is 4.54. The summed E-state index contributed by atoms with van der Waals surface area (Å²) >= 11 is 0. The zero-order valence-electron chi connectivity index (χ0n) is 11.2. The van der Waals surface area contributed by atoms with Crippen LogP contribution in [-0.4, -0.2) is 15.5 Å². The molecular weight excluding hydrogens is 250 g/mol. The Bertz CT molecular complexity index is 747. The maximum absolute atomic E-state index is 12.4. The van der Waals surface area contributed by atoms with Crippen molar-refractivity contribution < 1.29 is 4.79 Å². The molecule has 1 N–H and O–H groups in total. The Labute approximate surface area is 117 Å². The number of fused-ring (bicyclic) bond motifs is 1. The van der Waals surface area contributed by atoms with Crippen LogP contribution < -0.4 is 5.32 Å². The number of aryl methyl sites for hydroxylation is 1. The van der Waals surface area contributed by atoms with Crippen LogP contribution in [0.25, 0.3) is 10.9 Å². The van der Waals surface area contributed by atoms with E-state index >= 15 is 0 Å². The zero-order chi connectivity index (χ0) is 13.9. The molecule has 4 heteroatoms. The molecule has 0 aliphatic heterocycles. The van der Waals surface area contributed by atoms with Gasteiger partial charge in [0.25, 0.3) is 5.91 Å². The quantitative estimate of drug-likeness (QED) is 0.789. The number of aromatic nitrogens is 2. The lowest BCUT2D eigenvalue weighted by atomic mass is 10.1. The van der Waals surface area contributed by atoms with Crippen molar-refractivity contribution in [1.29, 1.82) is 0 Å². The van der Waals surface area contributed by atoms with E-state index in [4.69, 9.17) is 0 Å². The van der Waals surface area contributed by atoms with Crippen molar-refractivity contribution in [2.45, 2.75) is 13.5 Å². The van der Waals surface area contributed by atoms with E-state index in [0.29, 0.717) is 11.3 Å². The average molecular weight is 265 g/mol. The molecule has 1 aromatic carbocycles. The molecule has 0 aliphatic carbocycles. The third-order valence-corrected chi connectivity index (χ3v) is 3.29. The van der Waals surface area contributed by atoms with Crippen molar-refractivity contribution >= 4 is 22.5 Å². The van der Waals surface area contributed by atoms with E-state index in [2.05, 4.69) is 21.8 Å². The monoisotopic (exact) mass is 265 g/mol. The molecule has 0 atom stereocenters. The van der Waals surface area contributed by atoms with E-state index < -0.39 is 0 Å². The first-order valence-corrected chi connectivity index (χ1v) is 6.59. The lowest BCUT2D eigenvalue weighted by Gasteiger charge is -2.03. The van der Waals surface area contributed by atoms with E-state index in [0.717, 1.165) is 17.4 Å². The van der Waals surface area contributed by atoms with Crippen LogP contribution in [0.2, 0.25) is 0 Å². The maximum Gasteiger partial charge on any atom is 0.257 e. The minimum absolute atomic E-state index is 0.110. The van der Waals surface area contributed by atoms with Crippen molar-refractivity contribution in [1.82, 2.24) is 9.55 Å². The van der Waals surface area contributed by atoms with Gasteiger partial charge >= 0.3 is 0 Å². The zero-order valence-corrected chi connectivity index (χ0v) is 11.2. The number of amides is 1. The van der Waals surface area contributed by atoms with Crippen LogP contribution in [0.3, 0.4) is 0 Å². The number of hydrogen-bond donors (Lipinski definition) is 1. The highest BCUT2D eigenvalue weighted by atomic mass is 16.1. The standard InChI is InChI=1S/C16H15N3O/c1-2-19-11-14(13-7-3-4-8-15(13)19)16(20)18-12-6-5-9-17-10-12/h3-11H,2H2,1H3,(H,18,20). The van der Waals surface area contributed by atoms with E-state index in [1.807, 2.05) is 36.5 Å². The molecule has 2 heterocycles. The molecule has 0 bridgehead atoms. The molecule has 3 aromatic rings. The maximum atomic E-state index is 12.4. The van der Waals surface area contributed by atoms with Gasteiger partial charge < -0.3 is 9.88 Å². The molecule has 0 spiro atoms. The fraction of sp³-hybridized carbons (Fsp3) is 0.125. The minimum Gasteiger partial charge on any atom is -0.347 e. The summed E-state index contributed by atoms with van der Waals surface area (Å²) in [6.45, 7) is 2.90. The summed E-state index contributed by atoms with van der Waals surface area (Å²) in [5.41, 5.74) is 2.46. The molecule has 0 unspecified atom stereocenters. The third kappa shape index (κ3) is 2.16. The number of benzene rings is 1. The van der Waals surface area contributed by atoms with Gasteiger partial charge in [-0.25, -0.2) is 0 Å². The number of carbonyl (C=O) groups is 1. The van der Waals surface area contributed by atoms with Gasteiger partial charge in [-0.2, -0.15) is 0 Å². The van der Waals surface area contributed by atoms with E-state index in [1.165, 1.54) is 0 Å². The molecule has 0 radical (unpaired) electrons. The van der Waals surface area contributed by atoms with Gasteiger partial charge in [0, 0.05) is 29.8 Å². The first kappa shape index (κ1) is 12.4. The van der Waals surface area contributed by atoms with E-state index in [-0.39, 0.29) is 5.91 Å². The number of para-hydroxylation sites is 1. The van der Waals surface area contributed by atoms with Crippen LogP contribution in [0, 0.1) is 0 Å². The molecule has 4 nitrogen and oxygen atoms in total. The van der Waals surface area contributed by atoms with Crippen molar-refractivity contribution in [2.24, 2.45) is 0 Å². The predicted octanol–water partition coefficient (Wildman–Crippen LogP) is 3.31. The highest BCUT2D eigenvalue weighted by Gasteiger charge is 2.14. The van der Waals surface area contributed by atoms with Crippen LogP contribution in [0.4, 0.5) is 5.69 Å². The number of carbonyl (C=O) groups excluding carboxylic acids is 1. The Morgan fingerprint density at radius 2 is 2.10 bits per heavy atom. The van der Waals surface area contributed by atoms with Crippen molar-refractivity contribution in [3.63, 3.8) is 0 Å². The van der Waals surface area contributed by atoms with Crippen LogP contribution in [-0.2, 0) is 6.54 Å². The molecule has 3 rings (SSSR count). The Morgan fingerprint density at radius 1 is 1.25 bits per heavy atom. The fourth-order valence-electron chi connectivity index (χ4n) is 2.32. The number of anilines is 1. The number of pyridine rings is 1. The van der Waals surface area contributed by atoms with Gasteiger partial charge in [0.05, 0.1) is 17.4 Å². The average Bonchev–Trinajstić information content (AvgIpc) is 2.87. The second-order valence-corrected chi connectivity index (χ2v) is 4.54. The van der Waals surface area contributed by atoms with Gasteiger partial charge in [-0.1, -0.05) is 18.2 Å².